The first-order valence-corrected chi connectivity index (χ1v) is 10.4. The average molecular weight is 452 g/mol. The lowest BCUT2D eigenvalue weighted by Crippen LogP contribution is -2.23. The summed E-state index contributed by atoms with van der Waals surface area (Å²) in [5, 5.41) is 18.5. The van der Waals surface area contributed by atoms with Crippen LogP contribution in [0.15, 0.2) is 72.8 Å². The standard InChI is InChI=1S/C24H27NO2.C2H2O4/c1-18-23(26-2)15-14-21(24(18)27-3)17-25-22(20-12-8-5-9-13-20)16-19-10-6-4-7-11-19;3-1(4)2(5)6/h4-15,22,25H,16-17H2,1-3H3;(H,3,4)(H,5,6). The molecule has 3 N–H and O–H groups in total. The lowest BCUT2D eigenvalue weighted by Gasteiger charge is -2.21. The highest BCUT2D eigenvalue weighted by molar-refractivity contribution is 6.27. The molecule has 1 atom stereocenters. The average Bonchev–Trinajstić information content (AvgIpc) is 2.83. The summed E-state index contributed by atoms with van der Waals surface area (Å²) < 4.78 is 11.1. The smallest absolute Gasteiger partial charge is 0.414 e. The van der Waals surface area contributed by atoms with Gasteiger partial charge < -0.3 is 25.0 Å². The first kappa shape index (κ1) is 25.4. The Balaban J connectivity index is 0.000000569. The van der Waals surface area contributed by atoms with Gasteiger partial charge in [0.15, 0.2) is 0 Å². The van der Waals surface area contributed by atoms with Crippen molar-refractivity contribution >= 4 is 11.9 Å². The van der Waals surface area contributed by atoms with Crippen LogP contribution in [-0.2, 0) is 22.6 Å². The molecule has 0 saturated heterocycles. The molecule has 33 heavy (non-hydrogen) atoms. The fourth-order valence-corrected chi connectivity index (χ4v) is 3.45. The number of carboxylic acids is 2. The third-order valence-corrected chi connectivity index (χ3v) is 5.07. The highest BCUT2D eigenvalue weighted by Gasteiger charge is 2.15. The van der Waals surface area contributed by atoms with E-state index in [1.807, 2.05) is 13.0 Å². The quantitative estimate of drug-likeness (QED) is 0.440. The Morgan fingerprint density at radius 2 is 1.42 bits per heavy atom. The summed E-state index contributed by atoms with van der Waals surface area (Å²) in [6.07, 6.45) is 0.933. The van der Waals surface area contributed by atoms with Crippen molar-refractivity contribution < 1.29 is 29.3 Å². The molecule has 3 rings (SSSR count). The van der Waals surface area contributed by atoms with Gasteiger partial charge in [-0.15, -0.1) is 0 Å². The molecule has 0 radical (unpaired) electrons. The Labute approximate surface area is 193 Å². The van der Waals surface area contributed by atoms with E-state index >= 15 is 0 Å². The highest BCUT2D eigenvalue weighted by atomic mass is 16.5. The molecule has 0 bridgehead atoms. The maximum atomic E-state index is 9.10. The van der Waals surface area contributed by atoms with Crippen LogP contribution in [0.25, 0.3) is 0 Å². The van der Waals surface area contributed by atoms with Crippen LogP contribution in [0.2, 0.25) is 0 Å². The Hall–Kier alpha value is -3.84. The van der Waals surface area contributed by atoms with E-state index in [-0.39, 0.29) is 6.04 Å². The number of carboxylic acid groups (broad SMARTS) is 2. The summed E-state index contributed by atoms with van der Waals surface area (Å²) >= 11 is 0. The number of aliphatic carboxylic acids is 2. The molecule has 0 aromatic heterocycles. The molecule has 0 aliphatic carbocycles. The summed E-state index contributed by atoms with van der Waals surface area (Å²) in [6, 6.07) is 25.5. The molecular weight excluding hydrogens is 422 g/mol. The van der Waals surface area contributed by atoms with Gasteiger partial charge in [0.05, 0.1) is 14.2 Å². The van der Waals surface area contributed by atoms with Gasteiger partial charge in [0, 0.05) is 23.7 Å². The second-order valence-corrected chi connectivity index (χ2v) is 7.23. The van der Waals surface area contributed by atoms with Gasteiger partial charge >= 0.3 is 11.9 Å². The molecule has 0 amide bonds. The lowest BCUT2D eigenvalue weighted by molar-refractivity contribution is -0.159. The normalized spacial score (nSPS) is 11.0. The molecule has 7 heteroatoms. The predicted octanol–water partition coefficient (Wildman–Crippen LogP) is 4.24. The number of hydrogen-bond acceptors (Lipinski definition) is 5. The van der Waals surface area contributed by atoms with Crippen molar-refractivity contribution in [3.8, 4) is 11.5 Å². The van der Waals surface area contributed by atoms with Crippen molar-refractivity contribution in [3.05, 3.63) is 95.1 Å². The summed E-state index contributed by atoms with van der Waals surface area (Å²) in [7, 11) is 3.40. The van der Waals surface area contributed by atoms with Crippen LogP contribution in [0.3, 0.4) is 0 Å². The first-order chi connectivity index (χ1) is 15.9. The monoisotopic (exact) mass is 451 g/mol. The lowest BCUT2D eigenvalue weighted by atomic mass is 9.98. The predicted molar refractivity (Wildman–Crippen MR) is 126 cm³/mol. The van der Waals surface area contributed by atoms with Crippen molar-refractivity contribution in [3.63, 3.8) is 0 Å². The molecule has 0 heterocycles. The molecule has 3 aromatic carbocycles. The summed E-state index contributed by atoms with van der Waals surface area (Å²) in [5.74, 6) is -1.92. The molecule has 0 saturated carbocycles. The zero-order valence-corrected chi connectivity index (χ0v) is 18.9. The van der Waals surface area contributed by atoms with Crippen molar-refractivity contribution in [1.29, 1.82) is 0 Å². The fraction of sp³-hybridized carbons (Fsp3) is 0.231. The maximum absolute atomic E-state index is 9.10. The molecular formula is C26H29NO6. The Bertz CT molecular complexity index is 1030. The third kappa shape index (κ3) is 7.66. The SMILES string of the molecule is COc1ccc(CNC(Cc2ccccc2)c2ccccc2)c(OC)c1C.O=C(O)C(=O)O. The Kier molecular flexibility index (Phi) is 9.92. The topological polar surface area (TPSA) is 105 Å². The summed E-state index contributed by atoms with van der Waals surface area (Å²) in [5.41, 5.74) is 4.76. The minimum absolute atomic E-state index is 0.223. The molecule has 0 fully saturated rings. The van der Waals surface area contributed by atoms with E-state index in [2.05, 4.69) is 72.0 Å². The van der Waals surface area contributed by atoms with Gasteiger partial charge in [-0.25, -0.2) is 9.59 Å². The van der Waals surface area contributed by atoms with E-state index in [4.69, 9.17) is 29.3 Å². The first-order valence-electron chi connectivity index (χ1n) is 10.4. The highest BCUT2D eigenvalue weighted by Crippen LogP contribution is 2.31. The third-order valence-electron chi connectivity index (χ3n) is 5.07. The van der Waals surface area contributed by atoms with Gasteiger partial charge in [-0.1, -0.05) is 66.7 Å². The molecule has 7 nitrogen and oxygen atoms in total. The molecule has 0 spiro atoms. The van der Waals surface area contributed by atoms with Crippen molar-refractivity contribution in [2.24, 2.45) is 0 Å². The van der Waals surface area contributed by atoms with Gasteiger partial charge in [-0.3, -0.25) is 0 Å². The zero-order valence-electron chi connectivity index (χ0n) is 18.9. The summed E-state index contributed by atoms with van der Waals surface area (Å²) in [4.78, 5) is 18.2. The van der Waals surface area contributed by atoms with Gasteiger partial charge in [0.2, 0.25) is 0 Å². The number of carbonyl (C=O) groups is 2. The van der Waals surface area contributed by atoms with Gasteiger partial charge in [-0.2, -0.15) is 0 Å². The number of nitrogens with one attached hydrogen (secondary N) is 1. The van der Waals surface area contributed by atoms with Gasteiger partial charge in [-0.05, 0) is 30.5 Å². The van der Waals surface area contributed by atoms with Gasteiger partial charge in [0.1, 0.15) is 11.5 Å². The number of ether oxygens (including phenoxy) is 2. The van der Waals surface area contributed by atoms with Crippen LogP contribution >= 0.6 is 0 Å². The molecule has 0 aliphatic heterocycles. The molecule has 0 aliphatic rings. The Morgan fingerprint density at radius 1 is 0.848 bits per heavy atom. The van der Waals surface area contributed by atoms with Crippen LogP contribution in [0.1, 0.15) is 28.3 Å². The molecule has 174 valence electrons. The van der Waals surface area contributed by atoms with Crippen LogP contribution in [0.5, 0.6) is 11.5 Å². The minimum Gasteiger partial charge on any atom is -0.496 e. The zero-order chi connectivity index (χ0) is 24.2. The maximum Gasteiger partial charge on any atom is 0.414 e. The van der Waals surface area contributed by atoms with Crippen molar-refractivity contribution in [1.82, 2.24) is 5.32 Å². The van der Waals surface area contributed by atoms with Crippen molar-refractivity contribution in [2.45, 2.75) is 25.9 Å². The number of methoxy groups -OCH3 is 2. The molecule has 1 unspecified atom stereocenters. The van der Waals surface area contributed by atoms with E-state index in [0.29, 0.717) is 0 Å². The van der Waals surface area contributed by atoms with Gasteiger partial charge in [0.25, 0.3) is 0 Å². The van der Waals surface area contributed by atoms with E-state index in [1.165, 1.54) is 11.1 Å². The van der Waals surface area contributed by atoms with E-state index in [1.54, 1.807) is 14.2 Å². The van der Waals surface area contributed by atoms with Crippen molar-refractivity contribution in [2.75, 3.05) is 14.2 Å². The number of benzene rings is 3. The van der Waals surface area contributed by atoms with Crippen LogP contribution in [0, 0.1) is 6.92 Å². The number of rotatable bonds is 8. The Morgan fingerprint density at radius 3 is 1.94 bits per heavy atom. The van der Waals surface area contributed by atoms with E-state index < -0.39 is 11.9 Å². The molecule has 3 aromatic rings. The van der Waals surface area contributed by atoms with Crippen LogP contribution < -0.4 is 14.8 Å². The van der Waals surface area contributed by atoms with E-state index in [9.17, 15) is 0 Å². The van der Waals surface area contributed by atoms with E-state index in [0.717, 1.165) is 35.6 Å². The fourth-order valence-electron chi connectivity index (χ4n) is 3.45. The van der Waals surface area contributed by atoms with Crippen LogP contribution in [-0.4, -0.2) is 36.4 Å². The number of hydrogen-bond donors (Lipinski definition) is 3. The van der Waals surface area contributed by atoms with Crippen LogP contribution in [0.4, 0.5) is 0 Å². The second kappa shape index (κ2) is 12.9. The second-order valence-electron chi connectivity index (χ2n) is 7.23. The minimum atomic E-state index is -1.82. The largest absolute Gasteiger partial charge is 0.496 e. The summed E-state index contributed by atoms with van der Waals surface area (Å²) in [6.45, 7) is 2.75.